The summed E-state index contributed by atoms with van der Waals surface area (Å²) in [4.78, 5) is 11.0. The van der Waals surface area contributed by atoms with E-state index >= 15 is 0 Å². The molecule has 0 aliphatic carbocycles. The first-order valence-corrected chi connectivity index (χ1v) is 4.41. The van der Waals surface area contributed by atoms with Gasteiger partial charge in [0, 0.05) is 10.6 Å². The Morgan fingerprint density at radius 1 is 1.64 bits per heavy atom. The molecular formula is C9H11NO3S. The van der Waals surface area contributed by atoms with E-state index in [1.807, 2.05) is 0 Å². The first kappa shape index (κ1) is 10.7. The van der Waals surface area contributed by atoms with Crippen molar-refractivity contribution in [3.8, 4) is 5.75 Å². The Bertz CT molecular complexity index is 341. The first-order valence-electron chi connectivity index (χ1n) is 3.96. The molecule has 1 rings (SSSR count). The Labute approximate surface area is 87.3 Å². The molecule has 0 amide bonds. The molecule has 0 radical (unpaired) electrons. The van der Waals surface area contributed by atoms with Crippen LogP contribution in [0.25, 0.3) is 0 Å². The van der Waals surface area contributed by atoms with Crippen molar-refractivity contribution in [2.24, 2.45) is 0 Å². The molecule has 0 bridgehead atoms. The predicted molar refractivity (Wildman–Crippen MR) is 56.4 cm³/mol. The Kier molecular flexibility index (Phi) is 3.64. The summed E-state index contributed by atoms with van der Waals surface area (Å²) in [7, 11) is 1.56. The standard InChI is InChI=1S/C9H11NO3S/c1-13-6-2-3-7(8(14)4-6)10-5-9(11)12/h2-4,10,14H,5H2,1H3,(H,11,12). The number of nitrogens with one attached hydrogen (secondary N) is 1. The number of carbonyl (C=O) groups is 1. The fourth-order valence-electron chi connectivity index (χ4n) is 0.959. The number of thiol groups is 1. The molecule has 2 N–H and O–H groups in total. The lowest BCUT2D eigenvalue weighted by Crippen LogP contribution is -2.12. The molecule has 0 aliphatic rings. The number of rotatable bonds is 4. The van der Waals surface area contributed by atoms with Gasteiger partial charge in [-0.3, -0.25) is 4.79 Å². The topological polar surface area (TPSA) is 58.6 Å². The van der Waals surface area contributed by atoms with Crippen LogP contribution >= 0.6 is 12.6 Å². The van der Waals surface area contributed by atoms with Gasteiger partial charge >= 0.3 is 5.97 Å². The molecule has 1 aromatic carbocycles. The van der Waals surface area contributed by atoms with Gasteiger partial charge in [-0.15, -0.1) is 12.6 Å². The molecule has 14 heavy (non-hydrogen) atoms. The molecule has 0 fully saturated rings. The van der Waals surface area contributed by atoms with Gasteiger partial charge in [-0.2, -0.15) is 0 Å². The number of ether oxygens (including phenoxy) is 1. The van der Waals surface area contributed by atoms with Gasteiger partial charge in [0.2, 0.25) is 0 Å². The lowest BCUT2D eigenvalue weighted by molar-refractivity contribution is -0.134. The van der Waals surface area contributed by atoms with Crippen LogP contribution in [0.2, 0.25) is 0 Å². The average molecular weight is 213 g/mol. The lowest BCUT2D eigenvalue weighted by atomic mass is 10.3. The minimum Gasteiger partial charge on any atom is -0.497 e. The van der Waals surface area contributed by atoms with Crippen LogP contribution in [0, 0.1) is 0 Å². The van der Waals surface area contributed by atoms with Gasteiger partial charge < -0.3 is 15.2 Å². The van der Waals surface area contributed by atoms with E-state index in [0.717, 1.165) is 0 Å². The van der Waals surface area contributed by atoms with Crippen molar-refractivity contribution in [2.45, 2.75) is 4.90 Å². The quantitative estimate of drug-likeness (QED) is 0.663. The van der Waals surface area contributed by atoms with Crippen LogP contribution in [0.4, 0.5) is 5.69 Å². The molecular weight excluding hydrogens is 202 g/mol. The first-order chi connectivity index (χ1) is 6.63. The Morgan fingerprint density at radius 2 is 2.36 bits per heavy atom. The highest BCUT2D eigenvalue weighted by Gasteiger charge is 2.02. The predicted octanol–water partition coefficient (Wildman–Crippen LogP) is 1.48. The van der Waals surface area contributed by atoms with E-state index in [2.05, 4.69) is 17.9 Å². The van der Waals surface area contributed by atoms with Crippen molar-refractivity contribution in [3.05, 3.63) is 18.2 Å². The van der Waals surface area contributed by atoms with E-state index in [-0.39, 0.29) is 6.54 Å². The second-order valence-corrected chi connectivity index (χ2v) is 3.11. The van der Waals surface area contributed by atoms with Gasteiger partial charge in [-0.1, -0.05) is 0 Å². The number of hydrogen-bond acceptors (Lipinski definition) is 4. The number of methoxy groups -OCH3 is 1. The van der Waals surface area contributed by atoms with E-state index in [1.165, 1.54) is 0 Å². The van der Waals surface area contributed by atoms with E-state index in [9.17, 15) is 4.79 Å². The zero-order valence-corrected chi connectivity index (χ0v) is 8.54. The van der Waals surface area contributed by atoms with Crippen molar-refractivity contribution in [1.82, 2.24) is 0 Å². The van der Waals surface area contributed by atoms with E-state index in [0.29, 0.717) is 16.3 Å². The van der Waals surface area contributed by atoms with Crippen molar-refractivity contribution < 1.29 is 14.6 Å². The molecule has 76 valence electrons. The molecule has 1 aromatic rings. The fraction of sp³-hybridized carbons (Fsp3) is 0.222. The van der Waals surface area contributed by atoms with Gasteiger partial charge in [-0.25, -0.2) is 0 Å². The van der Waals surface area contributed by atoms with Crippen molar-refractivity contribution >= 4 is 24.3 Å². The summed E-state index contributed by atoms with van der Waals surface area (Å²) in [5.74, 6) is -0.218. The summed E-state index contributed by atoms with van der Waals surface area (Å²) in [5.41, 5.74) is 0.677. The summed E-state index contributed by atoms with van der Waals surface area (Å²) < 4.78 is 4.98. The largest absolute Gasteiger partial charge is 0.497 e. The molecule has 0 atom stereocenters. The van der Waals surface area contributed by atoms with Crippen LogP contribution in [-0.4, -0.2) is 24.7 Å². The summed E-state index contributed by atoms with van der Waals surface area (Å²) in [6.45, 7) is -0.125. The number of aliphatic carboxylic acids is 1. The van der Waals surface area contributed by atoms with Crippen LogP contribution in [-0.2, 0) is 4.79 Å². The van der Waals surface area contributed by atoms with Crippen LogP contribution in [0.3, 0.4) is 0 Å². The number of carboxylic acids is 1. The fourth-order valence-corrected chi connectivity index (χ4v) is 1.24. The zero-order chi connectivity index (χ0) is 10.6. The molecule has 0 saturated heterocycles. The minimum absolute atomic E-state index is 0.125. The van der Waals surface area contributed by atoms with Gasteiger partial charge in [0.15, 0.2) is 0 Å². The normalized spacial score (nSPS) is 9.57. The highest BCUT2D eigenvalue weighted by molar-refractivity contribution is 7.80. The van der Waals surface area contributed by atoms with E-state index < -0.39 is 5.97 Å². The van der Waals surface area contributed by atoms with Crippen LogP contribution in [0.1, 0.15) is 0 Å². The van der Waals surface area contributed by atoms with Crippen molar-refractivity contribution in [1.29, 1.82) is 0 Å². The minimum atomic E-state index is -0.909. The van der Waals surface area contributed by atoms with Crippen LogP contribution in [0.5, 0.6) is 5.75 Å². The summed E-state index contributed by atoms with van der Waals surface area (Å²) >= 11 is 4.19. The molecule has 5 heteroatoms. The third-order valence-corrected chi connectivity index (χ3v) is 2.00. The number of benzene rings is 1. The number of anilines is 1. The Morgan fingerprint density at radius 3 is 2.86 bits per heavy atom. The lowest BCUT2D eigenvalue weighted by Gasteiger charge is -2.08. The Balaban J connectivity index is 2.73. The molecule has 0 unspecified atom stereocenters. The maximum atomic E-state index is 10.3. The highest BCUT2D eigenvalue weighted by Crippen LogP contribution is 2.24. The van der Waals surface area contributed by atoms with Crippen LogP contribution in [0.15, 0.2) is 23.1 Å². The highest BCUT2D eigenvalue weighted by atomic mass is 32.1. The van der Waals surface area contributed by atoms with Crippen molar-refractivity contribution in [2.75, 3.05) is 19.0 Å². The number of hydrogen-bond donors (Lipinski definition) is 3. The summed E-state index contributed by atoms with van der Waals surface area (Å²) in [6, 6.07) is 5.18. The third kappa shape index (κ3) is 2.85. The van der Waals surface area contributed by atoms with Gasteiger partial charge in [0.05, 0.1) is 7.11 Å². The molecule has 0 spiro atoms. The summed E-state index contributed by atoms with van der Waals surface area (Å²) in [5, 5.41) is 11.2. The Hall–Kier alpha value is -1.36. The van der Waals surface area contributed by atoms with Gasteiger partial charge in [-0.05, 0) is 18.2 Å². The second kappa shape index (κ2) is 4.76. The molecule has 0 aromatic heterocycles. The van der Waals surface area contributed by atoms with E-state index in [4.69, 9.17) is 9.84 Å². The zero-order valence-electron chi connectivity index (χ0n) is 7.65. The molecule has 4 nitrogen and oxygen atoms in total. The van der Waals surface area contributed by atoms with Crippen molar-refractivity contribution in [3.63, 3.8) is 0 Å². The maximum absolute atomic E-state index is 10.3. The number of carboxylic acid groups (broad SMARTS) is 1. The smallest absolute Gasteiger partial charge is 0.322 e. The summed E-state index contributed by atoms with van der Waals surface area (Å²) in [6.07, 6.45) is 0. The van der Waals surface area contributed by atoms with Crippen LogP contribution < -0.4 is 10.1 Å². The molecule has 0 heterocycles. The van der Waals surface area contributed by atoms with Gasteiger partial charge in [0.1, 0.15) is 12.3 Å². The molecule has 0 saturated carbocycles. The van der Waals surface area contributed by atoms with E-state index in [1.54, 1.807) is 25.3 Å². The monoisotopic (exact) mass is 213 g/mol. The maximum Gasteiger partial charge on any atom is 0.322 e. The SMILES string of the molecule is COc1ccc(NCC(=O)O)c(S)c1. The second-order valence-electron chi connectivity index (χ2n) is 2.63. The molecule has 0 aliphatic heterocycles. The third-order valence-electron chi connectivity index (χ3n) is 1.63. The van der Waals surface area contributed by atoms with Gasteiger partial charge in [0.25, 0.3) is 0 Å². The average Bonchev–Trinajstić information content (AvgIpc) is 2.15.